The number of aryl methyl sites for hydroxylation is 1. The van der Waals surface area contributed by atoms with Crippen LogP contribution in [0.15, 0.2) is 33.0 Å². The summed E-state index contributed by atoms with van der Waals surface area (Å²) in [7, 11) is 0. The first kappa shape index (κ1) is 16.2. The normalized spacial score (nSPS) is 12.3. The van der Waals surface area contributed by atoms with Crippen LogP contribution in [0.3, 0.4) is 0 Å². The number of hydrogen-bond donors (Lipinski definition) is 0. The molecule has 114 valence electrons. The third-order valence-electron chi connectivity index (χ3n) is 2.99. The maximum atomic E-state index is 12.3. The van der Waals surface area contributed by atoms with Gasteiger partial charge in [0.2, 0.25) is 0 Å². The maximum absolute atomic E-state index is 12.3. The number of fused-ring (bicyclic) bond motifs is 1. The summed E-state index contributed by atoms with van der Waals surface area (Å²) in [6.07, 6.45) is 0. The molecule has 0 aliphatic heterocycles. The highest BCUT2D eigenvalue weighted by atomic mass is 79.9. The first-order valence-corrected chi connectivity index (χ1v) is 9.50. The topological polar surface area (TPSA) is 34.4 Å². The van der Waals surface area contributed by atoms with Crippen LogP contribution in [0.5, 0.6) is 0 Å². The van der Waals surface area contributed by atoms with Crippen molar-refractivity contribution < 1.29 is 4.79 Å². The zero-order chi connectivity index (χ0) is 15.9. The fourth-order valence-corrected chi connectivity index (χ4v) is 5.22. The van der Waals surface area contributed by atoms with Gasteiger partial charge in [0.25, 0.3) is 5.91 Å². The zero-order valence-corrected chi connectivity index (χ0v) is 16.0. The Morgan fingerprint density at radius 2 is 2.09 bits per heavy atom. The van der Waals surface area contributed by atoms with Crippen LogP contribution in [0.25, 0.3) is 10.2 Å². The van der Waals surface area contributed by atoms with E-state index in [1.54, 1.807) is 12.1 Å². The summed E-state index contributed by atoms with van der Waals surface area (Å²) in [6, 6.07) is 7.13. The van der Waals surface area contributed by atoms with Crippen LogP contribution in [-0.2, 0) is 6.54 Å². The van der Waals surface area contributed by atoms with Crippen LogP contribution in [0.4, 0.5) is 0 Å². The van der Waals surface area contributed by atoms with E-state index in [4.69, 9.17) is 23.2 Å². The minimum atomic E-state index is -0.258. The number of hydrogen-bond acceptors (Lipinski definition) is 3. The summed E-state index contributed by atoms with van der Waals surface area (Å²) in [6.45, 7) is 2.66. The average Bonchev–Trinajstić information content (AvgIpc) is 3.02. The average molecular weight is 436 g/mol. The zero-order valence-electron chi connectivity index (χ0n) is 11.3. The fraction of sp³-hybridized carbons (Fsp3) is 0.143. The monoisotopic (exact) mass is 434 g/mol. The molecule has 1 aromatic carbocycles. The number of aromatic nitrogens is 1. The van der Waals surface area contributed by atoms with Crippen LogP contribution in [-0.4, -0.2) is 10.5 Å². The molecule has 0 N–H and O–H groups in total. The minimum Gasteiger partial charge on any atom is -0.315 e. The molecular weight excluding hydrogens is 427 g/mol. The molecule has 0 aliphatic carbocycles. The second kappa shape index (κ2) is 6.45. The highest BCUT2D eigenvalue weighted by Crippen LogP contribution is 2.30. The van der Waals surface area contributed by atoms with Crippen molar-refractivity contribution in [2.45, 2.75) is 13.5 Å². The second-order valence-electron chi connectivity index (χ2n) is 4.38. The van der Waals surface area contributed by atoms with Crippen molar-refractivity contribution in [1.82, 2.24) is 4.57 Å². The van der Waals surface area contributed by atoms with Crippen molar-refractivity contribution in [3.63, 3.8) is 0 Å². The number of halogens is 3. The smallest absolute Gasteiger partial charge is 0.289 e. The predicted molar refractivity (Wildman–Crippen MR) is 97.4 cm³/mol. The van der Waals surface area contributed by atoms with Crippen LogP contribution >= 0.6 is 61.8 Å². The summed E-state index contributed by atoms with van der Waals surface area (Å²) >= 11 is 18.5. The van der Waals surface area contributed by atoms with E-state index in [1.807, 2.05) is 23.6 Å². The van der Waals surface area contributed by atoms with Gasteiger partial charge in [-0.15, -0.1) is 11.3 Å². The van der Waals surface area contributed by atoms with Crippen molar-refractivity contribution in [3.8, 4) is 0 Å². The molecule has 3 nitrogen and oxygen atoms in total. The van der Waals surface area contributed by atoms with Gasteiger partial charge in [0.1, 0.15) is 0 Å². The molecule has 0 bridgehead atoms. The Morgan fingerprint density at radius 3 is 2.73 bits per heavy atom. The first-order chi connectivity index (χ1) is 10.5. The van der Waals surface area contributed by atoms with Gasteiger partial charge in [-0.2, -0.15) is 4.99 Å². The van der Waals surface area contributed by atoms with Gasteiger partial charge in [-0.25, -0.2) is 0 Å². The molecule has 2 heterocycles. The first-order valence-electron chi connectivity index (χ1n) is 6.32. The van der Waals surface area contributed by atoms with Gasteiger partial charge in [-0.3, -0.25) is 4.79 Å². The summed E-state index contributed by atoms with van der Waals surface area (Å²) in [5.74, 6) is -0.258. The molecule has 1 amide bonds. The summed E-state index contributed by atoms with van der Waals surface area (Å²) in [5, 5.41) is 1.13. The van der Waals surface area contributed by atoms with Crippen molar-refractivity contribution in [3.05, 3.63) is 47.8 Å². The number of rotatable bonds is 2. The Balaban J connectivity index is 2.20. The number of carbonyl (C=O) groups excluding carboxylic acids is 1. The predicted octanol–water partition coefficient (Wildman–Crippen LogP) is 5.59. The van der Waals surface area contributed by atoms with Crippen LogP contribution in [0, 0.1) is 0 Å². The molecule has 22 heavy (non-hydrogen) atoms. The van der Waals surface area contributed by atoms with Crippen LogP contribution < -0.4 is 4.80 Å². The molecule has 2 aromatic heterocycles. The largest absolute Gasteiger partial charge is 0.315 e. The third-order valence-corrected chi connectivity index (χ3v) is 6.14. The van der Waals surface area contributed by atoms with Crippen molar-refractivity contribution in [2.24, 2.45) is 4.99 Å². The van der Waals surface area contributed by atoms with Gasteiger partial charge in [0.15, 0.2) is 4.80 Å². The van der Waals surface area contributed by atoms with E-state index in [2.05, 4.69) is 20.9 Å². The van der Waals surface area contributed by atoms with E-state index in [0.717, 1.165) is 14.0 Å². The Kier molecular flexibility index (Phi) is 4.75. The van der Waals surface area contributed by atoms with Gasteiger partial charge in [0.05, 0.1) is 23.9 Å². The molecule has 8 heteroatoms. The van der Waals surface area contributed by atoms with E-state index >= 15 is 0 Å². The Labute approximate surface area is 153 Å². The van der Waals surface area contributed by atoms with Gasteiger partial charge >= 0.3 is 0 Å². The molecule has 0 unspecified atom stereocenters. The van der Waals surface area contributed by atoms with Gasteiger partial charge in [0, 0.05) is 11.6 Å². The number of benzene rings is 1. The molecule has 0 aliphatic rings. The third kappa shape index (κ3) is 3.03. The quantitative estimate of drug-likeness (QED) is 0.516. The van der Waals surface area contributed by atoms with E-state index in [9.17, 15) is 4.79 Å². The standard InChI is InChI=1S/C14H9BrCl2N2OS2/c1-2-19-12-8(17)5-7(16)6-10(12)22-14(19)18-13(20)9-3-4-11(15)21-9/h3-6H,2H2,1H3. The number of thiophene rings is 1. The summed E-state index contributed by atoms with van der Waals surface area (Å²) in [5.41, 5.74) is 0.859. The molecule has 3 rings (SSSR count). The fourth-order valence-electron chi connectivity index (χ4n) is 2.08. The summed E-state index contributed by atoms with van der Waals surface area (Å²) < 4.78 is 3.75. The molecule has 0 saturated carbocycles. The minimum absolute atomic E-state index is 0.258. The SMILES string of the molecule is CCn1c(=NC(=O)c2ccc(Br)s2)sc2cc(Cl)cc(Cl)c21. The number of thiazole rings is 1. The lowest BCUT2D eigenvalue weighted by Gasteiger charge is -2.02. The van der Waals surface area contributed by atoms with Crippen molar-refractivity contribution in [2.75, 3.05) is 0 Å². The van der Waals surface area contributed by atoms with Gasteiger partial charge in [-0.05, 0) is 47.1 Å². The Bertz CT molecular complexity index is 942. The van der Waals surface area contributed by atoms with Crippen LogP contribution in [0.2, 0.25) is 10.0 Å². The molecular formula is C14H9BrCl2N2OS2. The van der Waals surface area contributed by atoms with Gasteiger partial charge < -0.3 is 4.57 Å². The lowest BCUT2D eigenvalue weighted by atomic mass is 10.3. The molecule has 0 atom stereocenters. The Hall–Kier alpha value is -0.660. The molecule has 0 spiro atoms. The lowest BCUT2D eigenvalue weighted by Crippen LogP contribution is -2.15. The Morgan fingerprint density at radius 1 is 1.32 bits per heavy atom. The molecule has 0 fully saturated rings. The number of carbonyl (C=O) groups is 1. The molecule has 0 radical (unpaired) electrons. The van der Waals surface area contributed by atoms with Crippen LogP contribution in [0.1, 0.15) is 16.6 Å². The van der Waals surface area contributed by atoms with E-state index in [0.29, 0.717) is 26.3 Å². The molecule has 3 aromatic rings. The van der Waals surface area contributed by atoms with Gasteiger partial charge in [-0.1, -0.05) is 34.5 Å². The lowest BCUT2D eigenvalue weighted by molar-refractivity contribution is 0.100. The number of amides is 1. The highest BCUT2D eigenvalue weighted by Gasteiger charge is 2.13. The highest BCUT2D eigenvalue weighted by molar-refractivity contribution is 9.11. The van der Waals surface area contributed by atoms with Crippen molar-refractivity contribution >= 4 is 77.9 Å². The van der Waals surface area contributed by atoms with E-state index < -0.39 is 0 Å². The van der Waals surface area contributed by atoms with E-state index in [-0.39, 0.29) is 5.91 Å². The summed E-state index contributed by atoms with van der Waals surface area (Å²) in [4.78, 5) is 17.7. The maximum Gasteiger partial charge on any atom is 0.289 e. The van der Waals surface area contributed by atoms with E-state index in [1.165, 1.54) is 22.7 Å². The number of nitrogens with zero attached hydrogens (tertiary/aromatic N) is 2. The van der Waals surface area contributed by atoms with Crippen molar-refractivity contribution in [1.29, 1.82) is 0 Å². The second-order valence-corrected chi connectivity index (χ2v) is 8.70. The molecule has 0 saturated heterocycles.